The fourth-order valence-corrected chi connectivity index (χ4v) is 4.11. The molecule has 1 amide bonds. The highest BCUT2D eigenvalue weighted by Gasteiger charge is 2.33. The number of nitrogens with one attached hydrogen (secondary N) is 2. The van der Waals surface area contributed by atoms with Crippen molar-refractivity contribution in [1.82, 2.24) is 10.6 Å². The van der Waals surface area contributed by atoms with E-state index < -0.39 is 0 Å². The summed E-state index contributed by atoms with van der Waals surface area (Å²) in [6.07, 6.45) is 13.4. The van der Waals surface area contributed by atoms with Gasteiger partial charge in [-0.1, -0.05) is 38.5 Å². The Morgan fingerprint density at radius 1 is 1.10 bits per heavy atom. The highest BCUT2D eigenvalue weighted by Crippen LogP contribution is 2.31. The molecule has 0 bridgehead atoms. The Morgan fingerprint density at radius 3 is 2.30 bits per heavy atom. The van der Waals surface area contributed by atoms with Crippen molar-refractivity contribution in [2.24, 2.45) is 5.92 Å². The van der Waals surface area contributed by atoms with Gasteiger partial charge in [-0.2, -0.15) is 0 Å². The Labute approximate surface area is 124 Å². The highest BCUT2D eigenvalue weighted by atomic mass is 16.1. The van der Waals surface area contributed by atoms with Gasteiger partial charge < -0.3 is 10.6 Å². The zero-order chi connectivity index (χ0) is 14.4. The van der Waals surface area contributed by atoms with E-state index in [1.54, 1.807) is 0 Å². The van der Waals surface area contributed by atoms with Crippen LogP contribution < -0.4 is 10.6 Å². The molecule has 2 N–H and O–H groups in total. The normalized spacial score (nSPS) is 25.1. The van der Waals surface area contributed by atoms with Crippen LogP contribution in [0, 0.1) is 5.92 Å². The van der Waals surface area contributed by atoms with Crippen LogP contribution >= 0.6 is 0 Å². The molecule has 0 radical (unpaired) electrons. The lowest BCUT2D eigenvalue weighted by atomic mass is 9.79. The molecule has 3 heteroatoms. The van der Waals surface area contributed by atoms with Gasteiger partial charge in [0.1, 0.15) is 0 Å². The lowest BCUT2D eigenvalue weighted by Gasteiger charge is -2.37. The van der Waals surface area contributed by atoms with E-state index in [-0.39, 0.29) is 11.4 Å². The first-order valence-electron chi connectivity index (χ1n) is 8.63. The molecule has 0 aromatic rings. The first kappa shape index (κ1) is 15.8. The molecule has 0 aromatic carbocycles. The smallest absolute Gasteiger partial charge is 0.222 e. The third-order valence-electron chi connectivity index (χ3n) is 5.59. The van der Waals surface area contributed by atoms with Crippen molar-refractivity contribution in [3.8, 4) is 0 Å². The summed E-state index contributed by atoms with van der Waals surface area (Å²) in [5.74, 6) is 0.948. The first-order valence-corrected chi connectivity index (χ1v) is 8.63. The Bertz CT molecular complexity index is 304. The van der Waals surface area contributed by atoms with E-state index in [1.165, 1.54) is 51.4 Å². The minimum absolute atomic E-state index is 0.0641. The van der Waals surface area contributed by atoms with Gasteiger partial charge in [0.2, 0.25) is 5.91 Å². The minimum atomic E-state index is 0.0641. The summed E-state index contributed by atoms with van der Waals surface area (Å²) in [6, 6.07) is 0.347. The monoisotopic (exact) mass is 280 g/mol. The molecule has 2 fully saturated rings. The average molecular weight is 280 g/mol. The van der Waals surface area contributed by atoms with E-state index in [2.05, 4.69) is 17.6 Å². The number of rotatable bonds is 5. The summed E-state index contributed by atoms with van der Waals surface area (Å²) < 4.78 is 0. The number of hydrogen-bond acceptors (Lipinski definition) is 2. The zero-order valence-corrected chi connectivity index (χ0v) is 13.3. The van der Waals surface area contributed by atoms with E-state index >= 15 is 0 Å². The number of hydrogen-bond donors (Lipinski definition) is 2. The Kier molecular flexibility index (Phi) is 5.88. The molecular formula is C17H32N2O. The standard InChI is InChI=1S/C17H32N2O/c1-14(15-9-5-3-6-10-15)19-16(20)13-17(18-2)11-7-4-8-12-17/h14-15,18H,3-13H2,1-2H3,(H,19,20). The van der Waals surface area contributed by atoms with E-state index in [1.807, 2.05) is 7.05 Å². The third-order valence-corrected chi connectivity index (χ3v) is 5.59. The van der Waals surface area contributed by atoms with Gasteiger partial charge >= 0.3 is 0 Å². The molecule has 0 heterocycles. The first-order chi connectivity index (χ1) is 9.65. The molecule has 0 saturated heterocycles. The van der Waals surface area contributed by atoms with Gasteiger partial charge in [0.25, 0.3) is 0 Å². The van der Waals surface area contributed by atoms with Gasteiger partial charge in [-0.25, -0.2) is 0 Å². The van der Waals surface area contributed by atoms with Crippen molar-refractivity contribution in [3.05, 3.63) is 0 Å². The summed E-state index contributed by atoms with van der Waals surface area (Å²) >= 11 is 0. The van der Waals surface area contributed by atoms with Gasteiger partial charge in [0, 0.05) is 18.0 Å². The van der Waals surface area contributed by atoms with Gasteiger partial charge in [0.15, 0.2) is 0 Å². The second kappa shape index (κ2) is 7.44. The minimum Gasteiger partial charge on any atom is -0.353 e. The highest BCUT2D eigenvalue weighted by molar-refractivity contribution is 5.77. The van der Waals surface area contributed by atoms with Crippen LogP contribution in [0.15, 0.2) is 0 Å². The maximum absolute atomic E-state index is 12.4. The van der Waals surface area contributed by atoms with Crippen LogP contribution in [0.2, 0.25) is 0 Å². The quantitative estimate of drug-likeness (QED) is 0.810. The van der Waals surface area contributed by atoms with Crippen molar-refractivity contribution < 1.29 is 4.79 Å². The second-order valence-corrected chi connectivity index (χ2v) is 7.02. The van der Waals surface area contributed by atoms with Crippen molar-refractivity contribution >= 4 is 5.91 Å². The predicted octanol–water partition coefficient (Wildman–Crippen LogP) is 3.38. The van der Waals surface area contributed by atoms with Gasteiger partial charge in [0.05, 0.1) is 0 Å². The largest absolute Gasteiger partial charge is 0.353 e. The third kappa shape index (κ3) is 4.21. The molecule has 20 heavy (non-hydrogen) atoms. The molecule has 0 aliphatic heterocycles. The van der Waals surface area contributed by atoms with Crippen LogP contribution in [0.3, 0.4) is 0 Å². The molecule has 1 unspecified atom stereocenters. The van der Waals surface area contributed by atoms with Crippen LogP contribution in [0.25, 0.3) is 0 Å². The van der Waals surface area contributed by atoms with Crippen LogP contribution in [-0.4, -0.2) is 24.5 Å². The number of amides is 1. The molecule has 0 aromatic heterocycles. The summed E-state index contributed by atoms with van der Waals surface area (Å²) in [6.45, 7) is 2.20. The molecule has 0 spiro atoms. The van der Waals surface area contributed by atoms with E-state index in [0.29, 0.717) is 18.4 Å². The zero-order valence-electron chi connectivity index (χ0n) is 13.3. The molecular weight excluding hydrogens is 248 g/mol. The maximum Gasteiger partial charge on any atom is 0.222 e. The molecule has 3 nitrogen and oxygen atoms in total. The molecule has 116 valence electrons. The summed E-state index contributed by atoms with van der Waals surface area (Å²) in [5.41, 5.74) is 0.0641. The van der Waals surface area contributed by atoms with Crippen molar-refractivity contribution in [1.29, 1.82) is 0 Å². The van der Waals surface area contributed by atoms with Crippen LogP contribution in [-0.2, 0) is 4.79 Å². The van der Waals surface area contributed by atoms with Crippen molar-refractivity contribution in [2.75, 3.05) is 7.05 Å². The molecule has 1 atom stereocenters. The van der Waals surface area contributed by atoms with Crippen LogP contribution in [0.1, 0.15) is 77.6 Å². The summed E-state index contributed by atoms with van der Waals surface area (Å²) in [5, 5.41) is 6.72. The number of carbonyl (C=O) groups excluding carboxylic acids is 1. The van der Waals surface area contributed by atoms with Crippen LogP contribution in [0.4, 0.5) is 0 Å². The van der Waals surface area contributed by atoms with E-state index in [4.69, 9.17) is 0 Å². The summed E-state index contributed by atoms with van der Waals surface area (Å²) in [7, 11) is 2.02. The predicted molar refractivity (Wildman–Crippen MR) is 83.7 cm³/mol. The maximum atomic E-state index is 12.4. The lowest BCUT2D eigenvalue weighted by molar-refractivity contribution is -0.124. The fourth-order valence-electron chi connectivity index (χ4n) is 4.11. The molecule has 2 aliphatic rings. The van der Waals surface area contributed by atoms with Crippen molar-refractivity contribution in [3.63, 3.8) is 0 Å². The Hall–Kier alpha value is -0.570. The fraction of sp³-hybridized carbons (Fsp3) is 0.941. The van der Waals surface area contributed by atoms with E-state index in [9.17, 15) is 4.79 Å². The molecule has 2 aliphatic carbocycles. The van der Waals surface area contributed by atoms with Crippen molar-refractivity contribution in [2.45, 2.75) is 89.1 Å². The number of carbonyl (C=O) groups is 1. The van der Waals surface area contributed by atoms with E-state index in [0.717, 1.165) is 12.8 Å². The average Bonchev–Trinajstić information content (AvgIpc) is 2.49. The Morgan fingerprint density at radius 2 is 1.70 bits per heavy atom. The van der Waals surface area contributed by atoms with Gasteiger partial charge in [-0.05, 0) is 45.6 Å². The van der Waals surface area contributed by atoms with Gasteiger partial charge in [-0.3, -0.25) is 4.79 Å². The molecule has 2 rings (SSSR count). The second-order valence-electron chi connectivity index (χ2n) is 7.02. The van der Waals surface area contributed by atoms with Crippen LogP contribution in [0.5, 0.6) is 0 Å². The summed E-state index contributed by atoms with van der Waals surface area (Å²) in [4.78, 5) is 12.4. The van der Waals surface area contributed by atoms with Gasteiger partial charge in [-0.15, -0.1) is 0 Å². The molecule has 2 saturated carbocycles. The Balaban J connectivity index is 1.81. The SMILES string of the molecule is CNC1(CC(=O)NC(C)C2CCCCC2)CCCCC1. The topological polar surface area (TPSA) is 41.1 Å². The lowest BCUT2D eigenvalue weighted by Crippen LogP contribution is -2.50.